The van der Waals surface area contributed by atoms with Crippen molar-refractivity contribution in [2.45, 2.75) is 6.43 Å². The van der Waals surface area contributed by atoms with E-state index in [2.05, 4.69) is 10.2 Å². The highest BCUT2D eigenvalue weighted by molar-refractivity contribution is 6.31. The summed E-state index contributed by atoms with van der Waals surface area (Å²) in [5.74, 6) is 0. The van der Waals surface area contributed by atoms with Crippen molar-refractivity contribution in [3.63, 3.8) is 0 Å². The number of nitrogens with one attached hydrogen (secondary N) is 1. The van der Waals surface area contributed by atoms with E-state index in [0.29, 0.717) is 6.42 Å². The van der Waals surface area contributed by atoms with Gasteiger partial charge in [-0.25, -0.2) is 8.78 Å². The molecule has 0 aromatic carbocycles. The van der Waals surface area contributed by atoms with Gasteiger partial charge in [-0.2, -0.15) is 5.10 Å². The molecule has 55 valence electrons. The Balaban J connectivity index is 2.65. The lowest BCUT2D eigenvalue weighted by Gasteiger charge is -1.92. The van der Waals surface area contributed by atoms with Crippen LogP contribution >= 0.6 is 11.6 Å². The van der Waals surface area contributed by atoms with E-state index in [1.54, 1.807) is 0 Å². The zero-order chi connectivity index (χ0) is 7.56. The molecule has 2 nitrogen and oxygen atoms in total. The van der Waals surface area contributed by atoms with Gasteiger partial charge in [0.2, 0.25) is 6.43 Å². The van der Waals surface area contributed by atoms with Gasteiger partial charge in [-0.05, 0) is 0 Å². The van der Waals surface area contributed by atoms with Crippen LogP contribution < -0.4 is 0 Å². The Morgan fingerprint density at radius 3 is 2.80 bits per heavy atom. The third kappa shape index (κ3) is 1.67. The minimum absolute atomic E-state index is 0.0941. The van der Waals surface area contributed by atoms with Gasteiger partial charge in [0.1, 0.15) is 0 Å². The summed E-state index contributed by atoms with van der Waals surface area (Å²) in [7, 11) is 0. The van der Waals surface area contributed by atoms with E-state index in [1.807, 2.05) is 0 Å². The quantitative estimate of drug-likeness (QED) is 0.712. The highest BCUT2D eigenvalue weighted by Crippen LogP contribution is 2.16. The molecule has 5 heteroatoms. The van der Waals surface area contributed by atoms with E-state index >= 15 is 0 Å². The van der Waals surface area contributed by atoms with Crippen LogP contribution in [0.2, 0.25) is 5.02 Å². The first-order valence-electron chi connectivity index (χ1n) is 2.52. The molecule has 0 amide bonds. The SMILES string of the molecule is FC(F)[CH]c1n[nH]cc1Cl. The average Bonchev–Trinajstić information content (AvgIpc) is 2.15. The van der Waals surface area contributed by atoms with Crippen LogP contribution in [0.25, 0.3) is 0 Å². The van der Waals surface area contributed by atoms with Gasteiger partial charge in [0.25, 0.3) is 0 Å². The fraction of sp³-hybridized carbons (Fsp3) is 0.200. The average molecular weight is 166 g/mol. The number of aromatic amines is 1. The lowest BCUT2D eigenvalue weighted by atomic mass is 10.3. The highest BCUT2D eigenvalue weighted by atomic mass is 35.5. The van der Waals surface area contributed by atoms with Crippen molar-refractivity contribution in [3.8, 4) is 0 Å². The van der Waals surface area contributed by atoms with E-state index < -0.39 is 6.43 Å². The third-order valence-corrected chi connectivity index (χ3v) is 1.21. The Hall–Kier alpha value is -0.640. The number of rotatable bonds is 2. The van der Waals surface area contributed by atoms with Crippen molar-refractivity contribution in [1.82, 2.24) is 10.2 Å². The summed E-state index contributed by atoms with van der Waals surface area (Å²) >= 11 is 5.43. The molecule has 0 saturated heterocycles. The molecule has 0 fully saturated rings. The number of alkyl halides is 2. The zero-order valence-corrected chi connectivity index (χ0v) is 5.57. The van der Waals surface area contributed by atoms with Crippen molar-refractivity contribution < 1.29 is 8.78 Å². The van der Waals surface area contributed by atoms with Crippen LogP contribution in [0.1, 0.15) is 5.69 Å². The standard InChI is InChI=1S/C5H4ClF2N2/c6-3-2-9-10-4(3)1-5(7)8/h1-2,5H,(H,9,10). The first-order valence-corrected chi connectivity index (χ1v) is 2.90. The second kappa shape index (κ2) is 2.96. The number of halogens is 3. The molecule has 1 radical (unpaired) electrons. The molecule has 0 bridgehead atoms. The van der Waals surface area contributed by atoms with Crippen LogP contribution in [0.15, 0.2) is 6.20 Å². The molecule has 1 aromatic rings. The maximum atomic E-state index is 11.6. The van der Waals surface area contributed by atoms with Gasteiger partial charge in [-0.3, -0.25) is 5.10 Å². The largest absolute Gasteiger partial charge is 0.284 e. The van der Waals surface area contributed by atoms with Crippen molar-refractivity contribution in [1.29, 1.82) is 0 Å². The topological polar surface area (TPSA) is 28.7 Å². The Bertz CT molecular complexity index is 211. The maximum Gasteiger partial charge on any atom is 0.247 e. The van der Waals surface area contributed by atoms with Gasteiger partial charge in [0.05, 0.1) is 17.1 Å². The molecule has 0 saturated carbocycles. The van der Waals surface area contributed by atoms with Gasteiger partial charge in [0.15, 0.2) is 0 Å². The molecular formula is C5H4ClF2N2. The van der Waals surface area contributed by atoms with E-state index in [1.165, 1.54) is 6.20 Å². The van der Waals surface area contributed by atoms with Crippen LogP contribution in [-0.4, -0.2) is 16.6 Å². The Morgan fingerprint density at radius 1 is 1.70 bits per heavy atom. The molecule has 1 heterocycles. The predicted octanol–water partition coefficient (Wildman–Crippen LogP) is 1.88. The number of H-pyrrole nitrogens is 1. The first-order chi connectivity index (χ1) is 4.70. The van der Waals surface area contributed by atoms with Crippen LogP contribution in [0.4, 0.5) is 8.78 Å². The van der Waals surface area contributed by atoms with Crippen LogP contribution in [0.3, 0.4) is 0 Å². The molecule has 0 unspecified atom stereocenters. The van der Waals surface area contributed by atoms with Crippen molar-refractivity contribution in [2.75, 3.05) is 0 Å². The molecule has 1 N–H and O–H groups in total. The summed E-state index contributed by atoms with van der Waals surface area (Å²) in [6.45, 7) is 0. The molecule has 0 atom stereocenters. The molecule has 0 aliphatic carbocycles. The lowest BCUT2D eigenvalue weighted by molar-refractivity contribution is 0.188. The third-order valence-electron chi connectivity index (χ3n) is 0.905. The molecule has 0 spiro atoms. The lowest BCUT2D eigenvalue weighted by Crippen LogP contribution is -1.93. The van der Waals surface area contributed by atoms with Gasteiger partial charge < -0.3 is 0 Å². The zero-order valence-electron chi connectivity index (χ0n) is 4.81. The summed E-state index contributed by atoms with van der Waals surface area (Å²) in [6, 6.07) is 0. The minimum atomic E-state index is -2.51. The number of nitrogens with zero attached hydrogens (tertiary/aromatic N) is 1. The van der Waals surface area contributed by atoms with Crippen molar-refractivity contribution in [3.05, 3.63) is 23.3 Å². The smallest absolute Gasteiger partial charge is 0.247 e. The molecule has 1 aromatic heterocycles. The van der Waals surface area contributed by atoms with Crippen LogP contribution in [0.5, 0.6) is 0 Å². The van der Waals surface area contributed by atoms with Crippen molar-refractivity contribution in [2.24, 2.45) is 0 Å². The summed E-state index contributed by atoms with van der Waals surface area (Å²) in [6.07, 6.45) is -0.491. The van der Waals surface area contributed by atoms with Gasteiger partial charge in [-0.15, -0.1) is 0 Å². The summed E-state index contributed by atoms with van der Waals surface area (Å²) in [5, 5.41) is 6.03. The summed E-state index contributed by atoms with van der Waals surface area (Å²) < 4.78 is 23.2. The monoisotopic (exact) mass is 165 g/mol. The molecule has 10 heavy (non-hydrogen) atoms. The molecule has 0 aliphatic heterocycles. The van der Waals surface area contributed by atoms with E-state index in [0.717, 1.165) is 0 Å². The van der Waals surface area contributed by atoms with Crippen LogP contribution in [-0.2, 0) is 0 Å². The first kappa shape index (κ1) is 7.47. The van der Waals surface area contributed by atoms with E-state index in [-0.39, 0.29) is 10.7 Å². The fourth-order valence-electron chi connectivity index (χ4n) is 0.522. The normalized spacial score (nSPS) is 10.8. The van der Waals surface area contributed by atoms with E-state index in [9.17, 15) is 8.78 Å². The predicted molar refractivity (Wildman–Crippen MR) is 33.0 cm³/mol. The van der Waals surface area contributed by atoms with Crippen molar-refractivity contribution >= 4 is 11.6 Å². The molecular weight excluding hydrogens is 162 g/mol. The fourth-order valence-corrected chi connectivity index (χ4v) is 0.676. The number of hydrogen-bond donors (Lipinski definition) is 1. The molecule has 0 aliphatic rings. The van der Waals surface area contributed by atoms with E-state index in [4.69, 9.17) is 11.6 Å². The second-order valence-electron chi connectivity index (χ2n) is 1.62. The Labute approximate surface area is 61.2 Å². The van der Waals surface area contributed by atoms with Crippen LogP contribution in [0, 0.1) is 6.42 Å². The van der Waals surface area contributed by atoms with Gasteiger partial charge >= 0.3 is 0 Å². The number of hydrogen-bond acceptors (Lipinski definition) is 1. The van der Waals surface area contributed by atoms with Gasteiger partial charge in [-0.1, -0.05) is 11.6 Å². The summed E-state index contributed by atoms with van der Waals surface area (Å²) in [4.78, 5) is 0. The van der Waals surface area contributed by atoms with Gasteiger partial charge in [0, 0.05) is 6.20 Å². The number of aromatic nitrogens is 2. The highest BCUT2D eigenvalue weighted by Gasteiger charge is 2.10. The maximum absolute atomic E-state index is 11.6. The Kier molecular flexibility index (Phi) is 2.21. The molecule has 1 rings (SSSR count). The Morgan fingerprint density at radius 2 is 2.40 bits per heavy atom. The second-order valence-corrected chi connectivity index (χ2v) is 2.03. The summed E-state index contributed by atoms with van der Waals surface area (Å²) in [5.41, 5.74) is 0.0941. The minimum Gasteiger partial charge on any atom is -0.284 e.